The molecule has 2 aliphatic rings. The van der Waals surface area contributed by atoms with Gasteiger partial charge in [-0.2, -0.15) is 14.7 Å². The fourth-order valence-corrected chi connectivity index (χ4v) is 8.15. The highest BCUT2D eigenvalue weighted by molar-refractivity contribution is 7.91. The van der Waals surface area contributed by atoms with Crippen LogP contribution in [0, 0.1) is 30.0 Å². The highest BCUT2D eigenvalue weighted by Gasteiger charge is 2.38. The number of fused-ring (bicyclic) bond motifs is 1. The van der Waals surface area contributed by atoms with Gasteiger partial charge in [-0.3, -0.25) is 0 Å². The average Bonchev–Trinajstić information content (AvgIpc) is 3.53. The molecule has 0 saturated heterocycles. The van der Waals surface area contributed by atoms with Crippen molar-refractivity contribution in [1.29, 1.82) is 5.26 Å². The van der Waals surface area contributed by atoms with Crippen molar-refractivity contribution < 1.29 is 12.8 Å². The minimum absolute atomic E-state index is 0.0662. The number of aromatic nitrogens is 2. The molecule has 0 saturated carbocycles. The number of halogens is 1. The van der Waals surface area contributed by atoms with Crippen LogP contribution in [0.4, 0.5) is 4.39 Å². The van der Waals surface area contributed by atoms with Crippen LogP contribution in [0.3, 0.4) is 0 Å². The molecule has 0 spiro atoms. The summed E-state index contributed by atoms with van der Waals surface area (Å²) in [6.45, 7) is 4.16. The summed E-state index contributed by atoms with van der Waals surface area (Å²) < 4.78 is 43.5. The number of hydrogen-bond acceptors (Lipinski definition) is 5. The third-order valence-electron chi connectivity index (χ3n) is 6.91. The van der Waals surface area contributed by atoms with Crippen molar-refractivity contribution in [1.82, 2.24) is 14.1 Å². The van der Waals surface area contributed by atoms with E-state index in [4.69, 9.17) is 0 Å². The fraction of sp³-hybridized carbons (Fsp3) is 0.360. The zero-order valence-corrected chi connectivity index (χ0v) is 20.7. The molecule has 2 aromatic heterocycles. The molecule has 2 heterocycles. The number of thiophene rings is 1. The number of rotatable bonds is 6. The molecule has 5 rings (SSSR count). The van der Waals surface area contributed by atoms with Crippen molar-refractivity contribution in [2.75, 3.05) is 13.1 Å². The van der Waals surface area contributed by atoms with Crippen LogP contribution in [0.15, 0.2) is 58.0 Å². The van der Waals surface area contributed by atoms with Gasteiger partial charge in [0.1, 0.15) is 16.6 Å². The molecule has 0 aliphatic heterocycles. The summed E-state index contributed by atoms with van der Waals surface area (Å²) in [5, 5.41) is 14.0. The van der Waals surface area contributed by atoms with Crippen molar-refractivity contribution in [2.24, 2.45) is 5.92 Å². The third-order valence-corrected chi connectivity index (χ3v) is 10.2. The van der Waals surface area contributed by atoms with E-state index in [-0.39, 0.29) is 28.4 Å². The van der Waals surface area contributed by atoms with Gasteiger partial charge in [-0.1, -0.05) is 18.1 Å². The van der Waals surface area contributed by atoms with Gasteiger partial charge in [0.05, 0.1) is 23.6 Å². The van der Waals surface area contributed by atoms with Gasteiger partial charge in [0.15, 0.2) is 0 Å². The first-order chi connectivity index (χ1) is 16.3. The first kappa shape index (κ1) is 23.0. The van der Waals surface area contributed by atoms with Gasteiger partial charge in [0.2, 0.25) is 0 Å². The Hall–Kier alpha value is -2.80. The average molecular weight is 497 g/mol. The van der Waals surface area contributed by atoms with Crippen molar-refractivity contribution in [3.05, 3.63) is 75.7 Å². The molecule has 0 radical (unpaired) electrons. The van der Waals surface area contributed by atoms with E-state index in [1.54, 1.807) is 24.3 Å². The van der Waals surface area contributed by atoms with Gasteiger partial charge in [-0.15, -0.1) is 11.3 Å². The minimum Gasteiger partial charge on any atom is -0.237 e. The lowest BCUT2D eigenvalue weighted by Gasteiger charge is -2.29. The molecule has 0 bridgehead atoms. The normalized spacial score (nSPS) is 19.9. The van der Waals surface area contributed by atoms with E-state index in [2.05, 4.69) is 12.0 Å². The Morgan fingerprint density at radius 3 is 2.71 bits per heavy atom. The molecule has 0 amide bonds. The number of nitrogens with zero attached hydrogens (tertiary/aromatic N) is 4. The van der Waals surface area contributed by atoms with E-state index in [9.17, 15) is 18.1 Å². The third kappa shape index (κ3) is 3.90. The summed E-state index contributed by atoms with van der Waals surface area (Å²) >= 11 is 1.24. The predicted molar refractivity (Wildman–Crippen MR) is 129 cm³/mol. The summed E-state index contributed by atoms with van der Waals surface area (Å²) in [4.78, 5) is 0.924. The summed E-state index contributed by atoms with van der Waals surface area (Å²) in [7, 11) is -3.72. The van der Waals surface area contributed by atoms with Crippen LogP contribution in [-0.4, -0.2) is 35.6 Å². The van der Waals surface area contributed by atoms with Gasteiger partial charge in [-0.25, -0.2) is 17.5 Å². The van der Waals surface area contributed by atoms with Crippen molar-refractivity contribution in [3.63, 3.8) is 0 Å². The van der Waals surface area contributed by atoms with E-state index < -0.39 is 10.0 Å². The maximum Gasteiger partial charge on any atom is 0.253 e. The molecule has 0 fully saturated rings. The molecular weight excluding hydrogens is 471 g/mol. The number of sulfonamides is 1. The Balaban J connectivity index is 1.43. The lowest BCUT2D eigenvalue weighted by Crippen LogP contribution is -2.36. The van der Waals surface area contributed by atoms with Crippen LogP contribution < -0.4 is 0 Å². The Morgan fingerprint density at radius 2 is 2.03 bits per heavy atom. The maximum absolute atomic E-state index is 13.4. The zero-order valence-electron chi connectivity index (χ0n) is 19.0. The number of benzene rings is 1. The van der Waals surface area contributed by atoms with Crippen molar-refractivity contribution in [3.8, 4) is 11.8 Å². The van der Waals surface area contributed by atoms with Crippen LogP contribution in [0.25, 0.3) is 5.69 Å². The SMILES string of the molecule is Cc1ccc(S(=O)(=O)N(CC#N)C[C@H]2CCC3=C2[C@@H](C)c2cnn(-c4ccc(F)cc4)c2C3)s1. The van der Waals surface area contributed by atoms with Crippen LogP contribution in [0.2, 0.25) is 0 Å². The highest BCUT2D eigenvalue weighted by atomic mass is 32.2. The standard InChI is InChI=1S/C25H25FN4O2S2/c1-16-3-10-24(33-16)34(31,32)29(12-11-27)15-19-5-4-18-13-23-22(17(2)25(18)19)14-28-30(23)21-8-6-20(26)7-9-21/h3,6-10,14,17,19H,4-5,12-13,15H2,1-2H3/t17-,19+/m0/s1. The van der Waals surface area contributed by atoms with Gasteiger partial charge in [0.25, 0.3) is 10.0 Å². The molecular formula is C25H25FN4O2S2. The zero-order chi connectivity index (χ0) is 24.0. The summed E-state index contributed by atoms with van der Waals surface area (Å²) in [5.74, 6) is -0.107. The van der Waals surface area contributed by atoms with Gasteiger partial charge >= 0.3 is 0 Å². The number of allylic oxidation sites excluding steroid dienone is 1. The van der Waals surface area contributed by atoms with Crippen LogP contribution in [0.5, 0.6) is 0 Å². The first-order valence-corrected chi connectivity index (χ1v) is 13.5. The predicted octanol–water partition coefficient (Wildman–Crippen LogP) is 4.96. The molecule has 0 unspecified atom stereocenters. The lowest BCUT2D eigenvalue weighted by molar-refractivity contribution is 0.384. The van der Waals surface area contributed by atoms with Gasteiger partial charge < -0.3 is 0 Å². The topological polar surface area (TPSA) is 79.0 Å². The Kier molecular flexibility index (Phi) is 5.92. The summed E-state index contributed by atoms with van der Waals surface area (Å²) in [6.07, 6.45) is 4.39. The Morgan fingerprint density at radius 1 is 1.26 bits per heavy atom. The molecule has 9 heteroatoms. The number of aryl methyl sites for hydroxylation is 1. The first-order valence-electron chi connectivity index (χ1n) is 11.3. The van der Waals surface area contributed by atoms with Crippen molar-refractivity contribution >= 4 is 21.4 Å². The second-order valence-electron chi connectivity index (χ2n) is 8.95. The van der Waals surface area contributed by atoms with Crippen LogP contribution in [0.1, 0.15) is 41.8 Å². The summed E-state index contributed by atoms with van der Waals surface area (Å²) in [5.41, 5.74) is 5.67. The smallest absolute Gasteiger partial charge is 0.237 e. The van der Waals surface area contributed by atoms with Crippen LogP contribution in [-0.2, 0) is 16.4 Å². The van der Waals surface area contributed by atoms with Crippen LogP contribution >= 0.6 is 11.3 Å². The highest BCUT2D eigenvalue weighted by Crippen LogP contribution is 2.47. The molecule has 3 aromatic rings. The molecule has 6 nitrogen and oxygen atoms in total. The molecule has 0 N–H and O–H groups in total. The van der Waals surface area contributed by atoms with Crippen molar-refractivity contribution in [2.45, 2.75) is 43.2 Å². The minimum atomic E-state index is -3.72. The fourth-order valence-electron chi connectivity index (χ4n) is 5.33. The van der Waals surface area contributed by atoms with Gasteiger partial charge in [-0.05, 0) is 62.1 Å². The van der Waals surface area contributed by atoms with E-state index >= 15 is 0 Å². The lowest BCUT2D eigenvalue weighted by atomic mass is 9.80. The van der Waals surface area contributed by atoms with E-state index in [0.717, 1.165) is 41.1 Å². The monoisotopic (exact) mass is 496 g/mol. The maximum atomic E-state index is 13.4. The molecule has 176 valence electrons. The van der Waals surface area contributed by atoms with E-state index in [0.29, 0.717) is 6.54 Å². The number of nitriles is 1. The molecule has 2 aliphatic carbocycles. The molecule has 2 atom stereocenters. The van der Waals surface area contributed by atoms with E-state index in [1.165, 1.54) is 38.9 Å². The van der Waals surface area contributed by atoms with E-state index in [1.807, 2.05) is 23.9 Å². The van der Waals surface area contributed by atoms with Gasteiger partial charge in [0, 0.05) is 29.3 Å². The summed E-state index contributed by atoms with van der Waals surface area (Å²) in [6, 6.07) is 11.8. The largest absolute Gasteiger partial charge is 0.253 e. The second kappa shape index (κ2) is 8.77. The molecule has 34 heavy (non-hydrogen) atoms. The Bertz CT molecular complexity index is 1410. The quantitative estimate of drug-likeness (QED) is 0.357. The second-order valence-corrected chi connectivity index (χ2v) is 12.4. The molecule has 1 aromatic carbocycles. The number of hydrogen-bond donors (Lipinski definition) is 0. The Labute approximate surface area is 203 Å².